The number of hydrogen-bond donors (Lipinski definition) is 0. The summed E-state index contributed by atoms with van der Waals surface area (Å²) in [6, 6.07) is 44.4. The van der Waals surface area contributed by atoms with Crippen molar-refractivity contribution in [2.45, 2.75) is 27.3 Å². The smallest absolute Gasteiger partial charge is 0.180 e. The maximum atomic E-state index is 12.7. The van der Waals surface area contributed by atoms with E-state index >= 15 is 0 Å². The van der Waals surface area contributed by atoms with Crippen LogP contribution in [0.4, 0.5) is 0 Å². The molecule has 0 aromatic heterocycles. The largest absolute Gasteiger partial charge is 0.254 e. The number of rotatable bonds is 16. The van der Waals surface area contributed by atoms with Crippen LogP contribution in [0, 0.1) is 49.4 Å². The second-order valence-corrected chi connectivity index (χ2v) is 22.3. The van der Waals surface area contributed by atoms with Crippen LogP contribution in [0.3, 0.4) is 0 Å². The summed E-state index contributed by atoms with van der Waals surface area (Å²) >= 11 is 14.4. The van der Waals surface area contributed by atoms with Gasteiger partial charge >= 0.3 is 0 Å². The molecule has 4 nitrogen and oxygen atoms in total. The molecule has 0 aliphatic rings. The lowest BCUT2D eigenvalue weighted by atomic mass is 10.1. The fraction of sp³-hybridized carbons (Fsp3) is 0.0877. The summed E-state index contributed by atoms with van der Waals surface area (Å²) in [4.78, 5) is 2.24. The van der Waals surface area contributed by atoms with Crippen LogP contribution in [0.5, 0.6) is 0 Å². The summed E-state index contributed by atoms with van der Waals surface area (Å²) in [5.74, 6) is 11.7. The summed E-state index contributed by atoms with van der Waals surface area (Å²) < 4.78 is 50.1. The van der Waals surface area contributed by atoms with Crippen LogP contribution < -0.4 is 0 Å². The van der Waals surface area contributed by atoms with Gasteiger partial charge in [0.15, 0.2) is 4.30 Å². The first-order valence-corrected chi connectivity index (χ1v) is 26.8. The van der Waals surface area contributed by atoms with Crippen molar-refractivity contribution in [2.75, 3.05) is 0 Å². The Labute approximate surface area is 426 Å². The molecule has 0 aliphatic carbocycles. The number of benzene rings is 6. The highest BCUT2D eigenvalue weighted by molar-refractivity contribution is 7.94. The van der Waals surface area contributed by atoms with E-state index in [9.17, 15) is 16.8 Å². The van der Waals surface area contributed by atoms with Gasteiger partial charge in [-0.3, -0.25) is 16.8 Å². The molecule has 342 valence electrons. The maximum absolute atomic E-state index is 12.7. The zero-order chi connectivity index (χ0) is 49.8. The van der Waals surface area contributed by atoms with Gasteiger partial charge in [0.1, 0.15) is 0 Å². The van der Waals surface area contributed by atoms with Gasteiger partial charge in [0.05, 0.1) is 66.2 Å². The normalized spacial score (nSPS) is 12.0. The predicted octanol–water partition coefficient (Wildman–Crippen LogP) is 13.0. The third-order valence-electron chi connectivity index (χ3n) is 9.83. The van der Waals surface area contributed by atoms with Crippen LogP contribution in [-0.4, -0.2) is 21.1 Å². The van der Waals surface area contributed by atoms with E-state index in [-0.39, 0.29) is 0 Å². The molecule has 11 heteroatoms. The third kappa shape index (κ3) is 17.3. The molecule has 0 spiro atoms. The molecule has 0 aliphatic heterocycles. The SMILES string of the molecule is C#Cc1ccc(C(=C)[S@@](=O)Cc2ccc(C[S@](=O)C(=C)c3ccc(C#C)cc3)cc2)cc1.C#Cc1ccc(C(=C)[S@](=O)Cc2ccc(C[S@@](=O)C(=C)c3ccc(C#C)cc3)cc2)cc1.ClC(Cl)Cl. The van der Waals surface area contributed by atoms with Crippen molar-refractivity contribution < 1.29 is 16.8 Å². The quantitative estimate of drug-likeness (QED) is 0.0715. The van der Waals surface area contributed by atoms with E-state index in [0.29, 0.717) is 42.6 Å². The molecule has 6 rings (SSSR count). The lowest BCUT2D eigenvalue weighted by Gasteiger charge is -2.09. The van der Waals surface area contributed by atoms with E-state index in [2.05, 4.69) is 50.0 Å². The molecule has 0 heterocycles. The minimum atomic E-state index is -1.26. The predicted molar refractivity (Wildman–Crippen MR) is 295 cm³/mol. The van der Waals surface area contributed by atoms with Gasteiger partial charge in [-0.05, 0) is 93.0 Å². The van der Waals surface area contributed by atoms with Gasteiger partial charge in [0.25, 0.3) is 0 Å². The Morgan fingerprint density at radius 3 is 0.632 bits per heavy atom. The van der Waals surface area contributed by atoms with Gasteiger partial charge in [-0.1, -0.05) is 182 Å². The second kappa shape index (κ2) is 27.7. The van der Waals surface area contributed by atoms with E-state index in [1.165, 1.54) is 0 Å². The average molecular weight is 1030 g/mol. The summed E-state index contributed by atoms with van der Waals surface area (Å²) in [7, 11) is -5.05. The van der Waals surface area contributed by atoms with Gasteiger partial charge in [-0.2, -0.15) is 0 Å². The molecule has 0 bridgehead atoms. The van der Waals surface area contributed by atoms with Gasteiger partial charge in [0.2, 0.25) is 0 Å². The molecular weight excluding hydrogens is 983 g/mol. The number of hydrogen-bond acceptors (Lipinski definition) is 4. The van der Waals surface area contributed by atoms with Crippen LogP contribution in [0.2, 0.25) is 0 Å². The molecule has 0 fully saturated rings. The maximum Gasteiger partial charge on any atom is 0.180 e. The van der Waals surface area contributed by atoms with E-state index in [0.717, 1.165) is 66.8 Å². The number of halogens is 3. The Morgan fingerprint density at radius 2 is 0.500 bits per heavy atom. The number of terminal acetylenes is 4. The van der Waals surface area contributed by atoms with Crippen molar-refractivity contribution in [2.24, 2.45) is 0 Å². The van der Waals surface area contributed by atoms with Crippen molar-refractivity contribution in [3.8, 4) is 49.4 Å². The molecule has 4 atom stereocenters. The summed E-state index contributed by atoms with van der Waals surface area (Å²) in [6.45, 7) is 15.9. The zero-order valence-corrected chi connectivity index (χ0v) is 42.3. The fourth-order valence-corrected chi connectivity index (χ4v) is 10.2. The Kier molecular flexibility index (Phi) is 22.3. The lowest BCUT2D eigenvalue weighted by molar-refractivity contribution is 0.687. The van der Waals surface area contributed by atoms with Crippen LogP contribution in [0.25, 0.3) is 19.6 Å². The highest BCUT2D eigenvalue weighted by Gasteiger charge is 2.14. The van der Waals surface area contributed by atoms with Crippen LogP contribution >= 0.6 is 34.8 Å². The van der Waals surface area contributed by atoms with Crippen molar-refractivity contribution in [1.82, 2.24) is 0 Å². The first-order chi connectivity index (χ1) is 32.5. The lowest BCUT2D eigenvalue weighted by Crippen LogP contribution is -2.00. The summed E-state index contributed by atoms with van der Waals surface area (Å²) in [5, 5.41) is 0. The second-order valence-electron chi connectivity index (χ2n) is 14.4. The molecule has 0 unspecified atom stereocenters. The molecule has 6 aromatic carbocycles. The highest BCUT2D eigenvalue weighted by Crippen LogP contribution is 2.25. The topological polar surface area (TPSA) is 68.3 Å². The van der Waals surface area contributed by atoms with Crippen LogP contribution in [-0.2, 0) is 66.2 Å². The monoisotopic (exact) mass is 1030 g/mol. The standard InChI is InChI=1S/2C28H22O2S2.CHCl3/c2*1-5-23-11-15-27(16-12-23)21(3)31(29)19-25-7-9-26(10-8-25)20-32(30)22(4)28-17-13-24(6-2)14-18-28;2-1(3)4/h2*1-2,7-18H,3-4,19-20H2;1H/t2*31-,32-;/m10./s1. The highest BCUT2D eigenvalue weighted by atomic mass is 35.6. The number of alkyl halides is 3. The fourth-order valence-electron chi connectivity index (χ4n) is 5.95. The van der Waals surface area contributed by atoms with Crippen LogP contribution in [0.15, 0.2) is 172 Å². The molecule has 0 saturated carbocycles. The van der Waals surface area contributed by atoms with Gasteiger partial charge in [-0.25, -0.2) is 0 Å². The van der Waals surface area contributed by atoms with Crippen LogP contribution in [0.1, 0.15) is 66.8 Å². The van der Waals surface area contributed by atoms with Crippen molar-refractivity contribution in [3.63, 3.8) is 0 Å². The van der Waals surface area contributed by atoms with Gasteiger partial charge in [0, 0.05) is 41.9 Å². The van der Waals surface area contributed by atoms with Crippen molar-refractivity contribution >= 4 is 97.6 Å². The minimum Gasteiger partial charge on any atom is -0.254 e. The molecule has 0 saturated heterocycles. The third-order valence-corrected chi connectivity index (χ3v) is 15.4. The summed E-state index contributed by atoms with van der Waals surface area (Å²) in [6.07, 6.45) is 21.5. The molecule has 0 radical (unpaired) electrons. The Morgan fingerprint density at radius 1 is 0.353 bits per heavy atom. The summed E-state index contributed by atoms with van der Waals surface area (Å²) in [5.41, 5.74) is 10.00. The Balaban J connectivity index is 0.000000275. The first kappa shape index (κ1) is 54.6. The van der Waals surface area contributed by atoms with E-state index in [4.69, 9.17) is 60.5 Å². The van der Waals surface area contributed by atoms with E-state index in [1.54, 1.807) is 0 Å². The average Bonchev–Trinajstić information content (AvgIpc) is 3.36. The minimum absolute atomic E-state index is 0.354. The first-order valence-electron chi connectivity index (χ1n) is 20.2. The van der Waals surface area contributed by atoms with Gasteiger partial charge in [-0.15, -0.1) is 25.7 Å². The molecule has 0 N–H and O–H groups in total. The zero-order valence-electron chi connectivity index (χ0n) is 36.8. The van der Waals surface area contributed by atoms with Gasteiger partial charge < -0.3 is 0 Å². The molecule has 68 heavy (non-hydrogen) atoms. The van der Waals surface area contributed by atoms with E-state index in [1.807, 2.05) is 146 Å². The Bertz CT molecular complexity index is 2610. The molecule has 0 amide bonds. The molecule has 6 aromatic rings. The van der Waals surface area contributed by atoms with Crippen molar-refractivity contribution in [3.05, 3.63) is 239 Å². The Hall–Kier alpha value is -6.01. The van der Waals surface area contributed by atoms with E-state index < -0.39 is 47.5 Å². The van der Waals surface area contributed by atoms with Crippen molar-refractivity contribution in [1.29, 1.82) is 0 Å². The molecular formula is C57H45Cl3O4S4.